The van der Waals surface area contributed by atoms with Gasteiger partial charge in [0.2, 0.25) is 5.88 Å². The highest BCUT2D eigenvalue weighted by Crippen LogP contribution is 2.45. The molecule has 1 heterocycles. The molecule has 0 bridgehead atoms. The first-order valence-corrected chi connectivity index (χ1v) is 8.77. The number of pyridine rings is 1. The molecule has 1 fully saturated rings. The van der Waals surface area contributed by atoms with Crippen molar-refractivity contribution in [2.24, 2.45) is 4.99 Å². The number of aromatic nitrogens is 1. The number of aryl methyl sites for hydroxylation is 1. The normalized spacial score (nSPS) is 15.4. The van der Waals surface area contributed by atoms with Gasteiger partial charge in [-0.15, -0.1) is 0 Å². The molecule has 1 aromatic heterocycles. The molecule has 0 aliphatic heterocycles. The van der Waals surface area contributed by atoms with Crippen LogP contribution in [-0.2, 0) is 10.1 Å². The fourth-order valence-electron chi connectivity index (χ4n) is 1.86. The summed E-state index contributed by atoms with van der Waals surface area (Å²) in [6, 6.07) is 1.89. The van der Waals surface area contributed by atoms with Gasteiger partial charge in [-0.1, -0.05) is 0 Å². The van der Waals surface area contributed by atoms with Gasteiger partial charge in [0, 0.05) is 19.2 Å². The highest BCUT2D eigenvalue weighted by atomic mass is 32.2. The van der Waals surface area contributed by atoms with Crippen molar-refractivity contribution in [3.63, 3.8) is 0 Å². The Morgan fingerprint density at radius 2 is 2.19 bits per heavy atom. The van der Waals surface area contributed by atoms with E-state index < -0.39 is 10.1 Å². The molecule has 0 amide bonds. The van der Waals surface area contributed by atoms with E-state index in [-0.39, 0.29) is 5.88 Å². The summed E-state index contributed by atoms with van der Waals surface area (Å²) in [5, 5.41) is 0. The zero-order valence-electron chi connectivity index (χ0n) is 12.8. The molecular formula is C14H21N3O3S. The van der Waals surface area contributed by atoms with Gasteiger partial charge in [0.1, 0.15) is 0 Å². The minimum Gasteiger partial charge on any atom is -0.366 e. The van der Waals surface area contributed by atoms with Crippen LogP contribution in [0.1, 0.15) is 36.9 Å². The quantitative estimate of drug-likeness (QED) is 0.457. The van der Waals surface area contributed by atoms with Gasteiger partial charge in [0.05, 0.1) is 24.0 Å². The van der Waals surface area contributed by atoms with Crippen molar-refractivity contribution < 1.29 is 12.6 Å². The van der Waals surface area contributed by atoms with Gasteiger partial charge in [-0.25, -0.2) is 9.98 Å². The maximum Gasteiger partial charge on any atom is 0.307 e. The minimum atomic E-state index is -3.57. The standard InChI is InChI=1S/C14H21N3O3S/c1-5-17(3)9-15-13-8-12(11-6-7-11)14(16-10(13)2)20-21(4,18)19/h8-9,11H,5-7H2,1-4H3. The molecule has 0 saturated heterocycles. The van der Waals surface area contributed by atoms with Crippen LogP contribution in [0.4, 0.5) is 5.69 Å². The fraction of sp³-hybridized carbons (Fsp3) is 0.571. The molecular weight excluding hydrogens is 290 g/mol. The lowest BCUT2D eigenvalue weighted by Gasteiger charge is -2.12. The molecule has 2 rings (SSSR count). The molecule has 1 saturated carbocycles. The maximum atomic E-state index is 11.3. The van der Waals surface area contributed by atoms with Crippen LogP contribution in [0.15, 0.2) is 11.1 Å². The molecule has 7 heteroatoms. The first-order chi connectivity index (χ1) is 9.80. The highest BCUT2D eigenvalue weighted by Gasteiger charge is 2.29. The van der Waals surface area contributed by atoms with Crippen molar-refractivity contribution in [3.8, 4) is 5.88 Å². The van der Waals surface area contributed by atoms with Crippen LogP contribution < -0.4 is 4.18 Å². The summed E-state index contributed by atoms with van der Waals surface area (Å²) in [6.45, 7) is 4.70. The first kappa shape index (κ1) is 15.8. The second-order valence-electron chi connectivity index (χ2n) is 5.37. The number of hydrogen-bond acceptors (Lipinski definition) is 5. The predicted molar refractivity (Wildman–Crippen MR) is 82.9 cm³/mol. The molecule has 0 spiro atoms. The van der Waals surface area contributed by atoms with Crippen LogP contribution >= 0.6 is 0 Å². The van der Waals surface area contributed by atoms with E-state index in [9.17, 15) is 8.42 Å². The number of rotatable bonds is 6. The molecule has 21 heavy (non-hydrogen) atoms. The maximum absolute atomic E-state index is 11.3. The molecule has 0 aromatic carbocycles. The van der Waals surface area contributed by atoms with Gasteiger partial charge in [-0.05, 0) is 38.7 Å². The summed E-state index contributed by atoms with van der Waals surface area (Å²) in [6.07, 6.45) is 4.84. The zero-order valence-corrected chi connectivity index (χ0v) is 13.6. The predicted octanol–water partition coefficient (Wildman–Crippen LogP) is 2.22. The summed E-state index contributed by atoms with van der Waals surface area (Å²) in [5.41, 5.74) is 2.23. The lowest BCUT2D eigenvalue weighted by atomic mass is 10.1. The Balaban J connectivity index is 2.37. The van der Waals surface area contributed by atoms with Crippen LogP contribution in [0.5, 0.6) is 5.88 Å². The molecule has 1 aliphatic rings. The van der Waals surface area contributed by atoms with Crippen LogP contribution in [-0.4, -0.2) is 44.5 Å². The highest BCUT2D eigenvalue weighted by molar-refractivity contribution is 7.86. The molecule has 1 aliphatic carbocycles. The van der Waals surface area contributed by atoms with Gasteiger partial charge in [-0.3, -0.25) is 0 Å². The Morgan fingerprint density at radius 1 is 1.52 bits per heavy atom. The summed E-state index contributed by atoms with van der Waals surface area (Å²) in [7, 11) is -1.63. The van der Waals surface area contributed by atoms with E-state index in [1.54, 1.807) is 13.3 Å². The molecule has 1 aromatic rings. The Hall–Kier alpha value is -1.63. The van der Waals surface area contributed by atoms with Crippen LogP contribution in [0.2, 0.25) is 0 Å². The van der Waals surface area contributed by atoms with E-state index in [0.29, 0.717) is 11.6 Å². The lowest BCUT2D eigenvalue weighted by Crippen LogP contribution is -2.14. The van der Waals surface area contributed by atoms with Crippen LogP contribution in [0.25, 0.3) is 0 Å². The molecule has 0 unspecified atom stereocenters. The molecule has 116 valence electrons. The summed E-state index contributed by atoms with van der Waals surface area (Å²) in [4.78, 5) is 10.7. The van der Waals surface area contributed by atoms with E-state index in [0.717, 1.165) is 36.9 Å². The third-order valence-electron chi connectivity index (χ3n) is 3.32. The molecule has 6 nitrogen and oxygen atoms in total. The van der Waals surface area contributed by atoms with Crippen molar-refractivity contribution in [2.45, 2.75) is 32.6 Å². The van der Waals surface area contributed by atoms with Crippen LogP contribution in [0.3, 0.4) is 0 Å². The summed E-state index contributed by atoms with van der Waals surface area (Å²) < 4.78 is 27.7. The van der Waals surface area contributed by atoms with E-state index in [2.05, 4.69) is 9.98 Å². The summed E-state index contributed by atoms with van der Waals surface area (Å²) >= 11 is 0. The second-order valence-corrected chi connectivity index (χ2v) is 6.94. The smallest absolute Gasteiger partial charge is 0.307 e. The Kier molecular flexibility index (Phi) is 4.51. The fourth-order valence-corrected chi connectivity index (χ4v) is 2.28. The lowest BCUT2D eigenvalue weighted by molar-refractivity contribution is 0.478. The van der Waals surface area contributed by atoms with Crippen molar-refractivity contribution in [2.75, 3.05) is 19.8 Å². The number of aliphatic imine (C=N–C) groups is 1. The zero-order chi connectivity index (χ0) is 15.6. The van der Waals surface area contributed by atoms with Gasteiger partial charge in [-0.2, -0.15) is 8.42 Å². The molecule has 0 N–H and O–H groups in total. The third kappa shape index (κ3) is 4.42. The van der Waals surface area contributed by atoms with Crippen molar-refractivity contribution in [1.82, 2.24) is 9.88 Å². The average Bonchev–Trinajstić information content (AvgIpc) is 3.19. The van der Waals surface area contributed by atoms with E-state index in [4.69, 9.17) is 4.18 Å². The minimum absolute atomic E-state index is 0.195. The third-order valence-corrected chi connectivity index (χ3v) is 3.78. The van der Waals surface area contributed by atoms with E-state index >= 15 is 0 Å². The number of hydrogen-bond donors (Lipinski definition) is 0. The van der Waals surface area contributed by atoms with Gasteiger partial charge in [0.25, 0.3) is 0 Å². The van der Waals surface area contributed by atoms with Gasteiger partial charge >= 0.3 is 10.1 Å². The summed E-state index contributed by atoms with van der Waals surface area (Å²) in [5.74, 6) is 0.521. The van der Waals surface area contributed by atoms with Gasteiger partial charge in [0.15, 0.2) is 0 Å². The largest absolute Gasteiger partial charge is 0.366 e. The van der Waals surface area contributed by atoms with E-state index in [1.165, 1.54) is 0 Å². The van der Waals surface area contributed by atoms with E-state index in [1.807, 2.05) is 24.9 Å². The number of nitrogens with zero attached hydrogens (tertiary/aromatic N) is 3. The topological polar surface area (TPSA) is 71.9 Å². The second kappa shape index (κ2) is 6.01. The van der Waals surface area contributed by atoms with Crippen molar-refractivity contribution in [3.05, 3.63) is 17.3 Å². The van der Waals surface area contributed by atoms with Gasteiger partial charge < -0.3 is 9.08 Å². The first-order valence-electron chi connectivity index (χ1n) is 6.95. The monoisotopic (exact) mass is 311 g/mol. The molecule has 0 atom stereocenters. The average molecular weight is 311 g/mol. The van der Waals surface area contributed by atoms with Crippen molar-refractivity contribution >= 4 is 22.1 Å². The SMILES string of the molecule is CCN(C)C=Nc1cc(C2CC2)c(OS(C)(=O)=O)nc1C. The van der Waals surface area contributed by atoms with Crippen molar-refractivity contribution in [1.29, 1.82) is 0 Å². The molecule has 0 radical (unpaired) electrons. The Bertz CT molecular complexity index is 652. The Labute approximate surface area is 126 Å². The van der Waals surface area contributed by atoms with Crippen LogP contribution in [0, 0.1) is 6.92 Å². The Morgan fingerprint density at radius 3 is 2.71 bits per heavy atom.